The number of phenolic OH excluding ortho intramolecular Hbond substituents is 1. The molecule has 114 valence electrons. The number of carbonyl (C=O) groups is 1. The number of hydrogen-bond acceptors (Lipinski definition) is 5. The zero-order valence-corrected chi connectivity index (χ0v) is 12.0. The molecular formula is C15H20N2O4. The number of ether oxygens (including phenoxy) is 1. The molecule has 0 aliphatic heterocycles. The third-order valence-corrected chi connectivity index (χ3v) is 2.13. The number of benzene rings is 1. The molecule has 21 heavy (non-hydrogen) atoms. The second kappa shape index (κ2) is 11.1. The summed E-state index contributed by atoms with van der Waals surface area (Å²) in [5.74, 6) is -0.457. The molecule has 3 N–H and O–H groups in total. The first kappa shape index (κ1) is 18.2. The summed E-state index contributed by atoms with van der Waals surface area (Å²) in [5.41, 5.74) is 3.34. The molecule has 6 heteroatoms. The number of methoxy groups -OCH3 is 1. The molecule has 0 fully saturated rings. The molecule has 1 rings (SSSR count). The van der Waals surface area contributed by atoms with Crippen LogP contribution in [0.3, 0.4) is 0 Å². The number of hydrazone groups is 1. The number of rotatable bonds is 7. The number of aromatic hydroxyl groups is 1. The average Bonchev–Trinajstić information content (AvgIpc) is 2.48. The minimum atomic E-state index is -0.876. The zero-order chi connectivity index (χ0) is 16.1. The zero-order valence-electron chi connectivity index (χ0n) is 12.0. The minimum Gasteiger partial charge on any atom is -0.504 e. The topological polar surface area (TPSA) is 91.2 Å². The lowest BCUT2D eigenvalue weighted by Crippen LogP contribution is -2.12. The molecule has 0 bridgehead atoms. The van der Waals surface area contributed by atoms with Gasteiger partial charge in [0.25, 0.3) is 0 Å². The molecule has 1 aromatic rings. The van der Waals surface area contributed by atoms with E-state index < -0.39 is 5.97 Å². The van der Waals surface area contributed by atoms with Crippen LogP contribution < -0.4 is 10.2 Å². The van der Waals surface area contributed by atoms with Crippen LogP contribution in [-0.4, -0.2) is 36.1 Å². The predicted molar refractivity (Wildman–Crippen MR) is 82.9 cm³/mol. The van der Waals surface area contributed by atoms with Crippen molar-refractivity contribution in [1.82, 2.24) is 5.43 Å². The van der Waals surface area contributed by atoms with Crippen molar-refractivity contribution in [2.24, 2.45) is 5.10 Å². The van der Waals surface area contributed by atoms with E-state index in [2.05, 4.69) is 23.7 Å². The van der Waals surface area contributed by atoms with Crippen LogP contribution in [0.2, 0.25) is 0 Å². The van der Waals surface area contributed by atoms with E-state index in [0.29, 0.717) is 5.75 Å². The van der Waals surface area contributed by atoms with E-state index in [9.17, 15) is 9.90 Å². The van der Waals surface area contributed by atoms with Gasteiger partial charge in [0.05, 0.1) is 19.7 Å². The normalized spacial score (nSPS) is 9.38. The van der Waals surface area contributed by atoms with Crippen LogP contribution in [0.4, 0.5) is 0 Å². The van der Waals surface area contributed by atoms with Crippen LogP contribution in [0, 0.1) is 0 Å². The second-order valence-electron chi connectivity index (χ2n) is 3.71. The van der Waals surface area contributed by atoms with Crippen molar-refractivity contribution in [2.75, 3.05) is 13.7 Å². The smallest absolute Gasteiger partial charge is 0.305 e. The predicted octanol–water partition coefficient (Wildman–Crippen LogP) is 2.16. The van der Waals surface area contributed by atoms with Gasteiger partial charge in [-0.1, -0.05) is 25.3 Å². The Labute approximate surface area is 124 Å². The Morgan fingerprint density at radius 3 is 2.62 bits per heavy atom. The van der Waals surface area contributed by atoms with Crippen LogP contribution in [-0.2, 0) is 4.79 Å². The lowest BCUT2D eigenvalue weighted by atomic mass is 10.2. The molecule has 0 heterocycles. The maximum absolute atomic E-state index is 10.2. The van der Waals surface area contributed by atoms with Crippen LogP contribution in [0.1, 0.15) is 12.0 Å². The van der Waals surface area contributed by atoms with Crippen molar-refractivity contribution < 1.29 is 19.7 Å². The van der Waals surface area contributed by atoms with Crippen molar-refractivity contribution >= 4 is 12.2 Å². The van der Waals surface area contributed by atoms with Gasteiger partial charge < -0.3 is 20.4 Å². The molecule has 0 saturated carbocycles. The SMILES string of the molecule is C=CC=C.COc1cc(/C=N/NCCC(=O)O)ccc1O. The van der Waals surface area contributed by atoms with E-state index in [4.69, 9.17) is 9.84 Å². The number of carboxylic acids is 1. The first-order chi connectivity index (χ1) is 10.0. The van der Waals surface area contributed by atoms with Gasteiger partial charge in [0.15, 0.2) is 11.5 Å². The van der Waals surface area contributed by atoms with E-state index in [1.165, 1.54) is 19.4 Å². The van der Waals surface area contributed by atoms with Gasteiger partial charge in [0.2, 0.25) is 0 Å². The lowest BCUT2D eigenvalue weighted by Gasteiger charge is -2.03. The molecule has 0 aliphatic carbocycles. The fourth-order valence-electron chi connectivity index (χ4n) is 1.12. The van der Waals surface area contributed by atoms with Crippen LogP contribution in [0.15, 0.2) is 48.6 Å². The highest BCUT2D eigenvalue weighted by Gasteiger charge is 2.00. The Morgan fingerprint density at radius 2 is 2.10 bits per heavy atom. The standard InChI is InChI=1S/C11H14N2O4.C4H6/c1-17-10-6-8(2-3-9(10)14)7-13-12-5-4-11(15)16;1-3-4-2/h2-3,6-7,12,14H,4-5H2,1H3,(H,15,16);3-4H,1-2H2/b13-7+;. The van der Waals surface area contributed by atoms with E-state index in [1.54, 1.807) is 24.3 Å². The summed E-state index contributed by atoms with van der Waals surface area (Å²) in [6, 6.07) is 4.79. The van der Waals surface area contributed by atoms with Gasteiger partial charge >= 0.3 is 5.97 Å². The van der Waals surface area contributed by atoms with Gasteiger partial charge in [-0.3, -0.25) is 4.79 Å². The molecule has 0 aliphatic rings. The summed E-state index contributed by atoms with van der Waals surface area (Å²) >= 11 is 0. The van der Waals surface area contributed by atoms with E-state index in [0.717, 1.165) is 5.56 Å². The molecule has 0 spiro atoms. The van der Waals surface area contributed by atoms with Crippen LogP contribution in [0.25, 0.3) is 0 Å². The summed E-state index contributed by atoms with van der Waals surface area (Å²) in [6.07, 6.45) is 4.81. The molecule has 0 radical (unpaired) electrons. The van der Waals surface area contributed by atoms with Gasteiger partial charge in [-0.15, -0.1) is 0 Å². The molecule has 0 saturated heterocycles. The fraction of sp³-hybridized carbons (Fsp3) is 0.200. The molecule has 0 unspecified atom stereocenters. The summed E-state index contributed by atoms with van der Waals surface area (Å²) in [4.78, 5) is 10.2. The van der Waals surface area contributed by atoms with Crippen molar-refractivity contribution in [3.05, 3.63) is 49.1 Å². The Morgan fingerprint density at radius 1 is 1.43 bits per heavy atom. The summed E-state index contributed by atoms with van der Waals surface area (Å²) < 4.78 is 4.93. The first-order valence-corrected chi connectivity index (χ1v) is 6.13. The number of nitrogens with zero attached hydrogens (tertiary/aromatic N) is 1. The number of carboxylic acid groups (broad SMARTS) is 1. The largest absolute Gasteiger partial charge is 0.504 e. The van der Waals surface area contributed by atoms with E-state index in [1.807, 2.05) is 0 Å². The van der Waals surface area contributed by atoms with E-state index >= 15 is 0 Å². The highest BCUT2D eigenvalue weighted by molar-refractivity contribution is 5.80. The van der Waals surface area contributed by atoms with Gasteiger partial charge in [-0.25, -0.2) is 0 Å². The van der Waals surface area contributed by atoms with Crippen LogP contribution in [0.5, 0.6) is 11.5 Å². The van der Waals surface area contributed by atoms with E-state index in [-0.39, 0.29) is 18.7 Å². The van der Waals surface area contributed by atoms with Gasteiger partial charge in [-0.2, -0.15) is 5.10 Å². The number of hydrogen-bond donors (Lipinski definition) is 3. The highest BCUT2D eigenvalue weighted by Crippen LogP contribution is 2.25. The minimum absolute atomic E-state index is 0.0102. The molecule has 1 aromatic carbocycles. The Bertz CT molecular complexity index is 492. The third-order valence-electron chi connectivity index (χ3n) is 2.13. The van der Waals surface area contributed by atoms with Crippen LogP contribution >= 0.6 is 0 Å². The summed E-state index contributed by atoms with van der Waals surface area (Å²) in [7, 11) is 1.46. The lowest BCUT2D eigenvalue weighted by molar-refractivity contribution is -0.136. The molecule has 0 atom stereocenters. The Kier molecular flexibility index (Phi) is 9.64. The second-order valence-corrected chi connectivity index (χ2v) is 3.71. The first-order valence-electron chi connectivity index (χ1n) is 6.13. The van der Waals surface area contributed by atoms with Crippen molar-refractivity contribution in [3.8, 4) is 11.5 Å². The van der Waals surface area contributed by atoms with Crippen molar-refractivity contribution in [2.45, 2.75) is 6.42 Å². The Hall–Kier alpha value is -2.76. The molecule has 0 amide bonds. The maximum Gasteiger partial charge on any atom is 0.305 e. The fourth-order valence-corrected chi connectivity index (χ4v) is 1.12. The van der Waals surface area contributed by atoms with Gasteiger partial charge in [0.1, 0.15) is 0 Å². The number of phenols is 1. The summed E-state index contributed by atoms with van der Waals surface area (Å²) in [6.45, 7) is 6.99. The molecule has 0 aromatic heterocycles. The number of nitrogens with one attached hydrogen (secondary N) is 1. The van der Waals surface area contributed by atoms with Gasteiger partial charge in [-0.05, 0) is 23.8 Å². The molecular weight excluding hydrogens is 272 g/mol. The number of allylic oxidation sites excluding steroid dienone is 2. The third kappa shape index (κ3) is 8.88. The monoisotopic (exact) mass is 292 g/mol. The quantitative estimate of drug-likeness (QED) is 0.310. The Balaban J connectivity index is 0.000000885. The van der Waals surface area contributed by atoms with Crippen molar-refractivity contribution in [3.63, 3.8) is 0 Å². The van der Waals surface area contributed by atoms with Crippen molar-refractivity contribution in [1.29, 1.82) is 0 Å². The molecule has 6 nitrogen and oxygen atoms in total. The summed E-state index contributed by atoms with van der Waals surface area (Å²) in [5, 5.41) is 21.6. The highest BCUT2D eigenvalue weighted by atomic mass is 16.5. The average molecular weight is 292 g/mol. The van der Waals surface area contributed by atoms with Gasteiger partial charge in [0, 0.05) is 6.54 Å². The number of aliphatic carboxylic acids is 1. The maximum atomic E-state index is 10.2.